The molecule has 0 amide bonds. The van der Waals surface area contributed by atoms with Crippen LogP contribution in [-0.4, -0.2) is 28.3 Å². The highest BCUT2D eigenvalue weighted by molar-refractivity contribution is 5.69. The lowest BCUT2D eigenvalue weighted by molar-refractivity contribution is 0.200. The molecule has 3 aromatic rings. The van der Waals surface area contributed by atoms with E-state index in [2.05, 4.69) is 53.3 Å². The minimum atomic E-state index is 0.0264. The van der Waals surface area contributed by atoms with Crippen molar-refractivity contribution in [2.45, 2.75) is 34.1 Å². The summed E-state index contributed by atoms with van der Waals surface area (Å²) in [6.45, 7) is 8.45. The first-order valence-electron chi connectivity index (χ1n) is 9.20. The fourth-order valence-electron chi connectivity index (χ4n) is 2.71. The van der Waals surface area contributed by atoms with Crippen molar-refractivity contribution in [3.8, 4) is 28.3 Å². The van der Waals surface area contributed by atoms with E-state index in [1.54, 1.807) is 0 Å². The first-order valence-corrected chi connectivity index (χ1v) is 9.20. The highest BCUT2D eigenvalue weighted by Gasteiger charge is 2.07. The molecule has 0 atom stereocenters. The molecule has 26 heavy (non-hydrogen) atoms. The molecule has 2 aromatic carbocycles. The average Bonchev–Trinajstić information content (AvgIpc) is 3.14. The monoisotopic (exact) mass is 352 g/mol. The van der Waals surface area contributed by atoms with Gasteiger partial charge in [0, 0.05) is 17.5 Å². The summed E-state index contributed by atoms with van der Waals surface area (Å²) in [5.41, 5.74) is 5.59. The van der Waals surface area contributed by atoms with Crippen molar-refractivity contribution in [1.82, 2.24) is 9.97 Å². The van der Waals surface area contributed by atoms with Crippen LogP contribution in [0.25, 0.3) is 22.5 Å². The van der Waals surface area contributed by atoms with Gasteiger partial charge in [-0.3, -0.25) is 0 Å². The number of ether oxygens (including phenoxy) is 1. The molecule has 0 spiro atoms. The molecule has 0 saturated carbocycles. The Hall–Kier alpha value is -2.59. The van der Waals surface area contributed by atoms with Crippen molar-refractivity contribution in [3.05, 3.63) is 59.9 Å². The fourth-order valence-corrected chi connectivity index (χ4v) is 2.71. The summed E-state index contributed by atoms with van der Waals surface area (Å²) in [6, 6.07) is 14.6. The molecular weight excluding hydrogens is 324 g/mol. The molecule has 138 valence electrons. The average molecular weight is 352 g/mol. The molecule has 0 radical (unpaired) electrons. The molecule has 0 fully saturated rings. The summed E-state index contributed by atoms with van der Waals surface area (Å²) < 4.78 is 5.58. The Labute approximate surface area is 155 Å². The molecule has 2 N–H and O–H groups in total. The van der Waals surface area contributed by atoms with Crippen molar-refractivity contribution >= 4 is 0 Å². The van der Waals surface area contributed by atoms with E-state index in [9.17, 15) is 0 Å². The van der Waals surface area contributed by atoms with Gasteiger partial charge in [-0.1, -0.05) is 51.1 Å². The molecule has 0 bridgehead atoms. The number of aromatic nitrogens is 2. The van der Waals surface area contributed by atoms with Crippen LogP contribution in [0.15, 0.2) is 48.7 Å². The smallest absolute Gasteiger partial charge is 0.137 e. The van der Waals surface area contributed by atoms with E-state index >= 15 is 0 Å². The van der Waals surface area contributed by atoms with Gasteiger partial charge in [0.15, 0.2) is 0 Å². The predicted molar refractivity (Wildman–Crippen MR) is 108 cm³/mol. The maximum Gasteiger partial charge on any atom is 0.137 e. The number of nitrogens with zero attached hydrogens (tertiary/aromatic N) is 1. The lowest BCUT2D eigenvalue weighted by atomic mass is 10.00. The quantitative estimate of drug-likeness (QED) is 0.655. The second-order valence-corrected chi connectivity index (χ2v) is 5.74. The van der Waals surface area contributed by atoms with Gasteiger partial charge in [0.25, 0.3) is 0 Å². The number of aryl methyl sites for hydroxylation is 2. The summed E-state index contributed by atoms with van der Waals surface area (Å²) in [4.78, 5) is 7.61. The van der Waals surface area contributed by atoms with Gasteiger partial charge < -0.3 is 14.8 Å². The minimum Gasteiger partial charge on any atom is -0.491 e. The molecule has 1 aromatic heterocycles. The largest absolute Gasteiger partial charge is 0.491 e. The summed E-state index contributed by atoms with van der Waals surface area (Å²) >= 11 is 0. The second-order valence-electron chi connectivity index (χ2n) is 5.74. The molecule has 0 aliphatic carbocycles. The Kier molecular flexibility index (Phi) is 7.42. The standard InChI is InChI=1S/C20H22N2O2.C2H6/c1-3-15-12-18(8-9-19(15)24-11-10-23)16-4-6-17(7-5-16)20-21-13-14(2)22-20;1-2/h4-9,12-13,23H,3,10-11H2,1-2H3,(H,21,22);1-2H3. The lowest BCUT2D eigenvalue weighted by Crippen LogP contribution is -2.03. The third-order valence-corrected chi connectivity index (χ3v) is 3.98. The van der Waals surface area contributed by atoms with Gasteiger partial charge in [-0.25, -0.2) is 4.98 Å². The van der Waals surface area contributed by atoms with Gasteiger partial charge >= 0.3 is 0 Å². The van der Waals surface area contributed by atoms with Crippen LogP contribution < -0.4 is 4.74 Å². The number of rotatable bonds is 6. The summed E-state index contributed by atoms with van der Waals surface area (Å²) in [5, 5.41) is 8.91. The van der Waals surface area contributed by atoms with E-state index in [1.165, 1.54) is 0 Å². The number of hydrogen-bond donors (Lipinski definition) is 2. The van der Waals surface area contributed by atoms with Gasteiger partial charge in [-0.2, -0.15) is 0 Å². The molecule has 0 unspecified atom stereocenters. The maximum absolute atomic E-state index is 8.91. The number of aromatic amines is 1. The SMILES string of the molecule is CC.CCc1cc(-c2ccc(-c3ncc(C)[nH]3)cc2)ccc1OCCO. The van der Waals surface area contributed by atoms with Gasteiger partial charge in [-0.15, -0.1) is 0 Å². The van der Waals surface area contributed by atoms with E-state index in [1.807, 2.05) is 33.0 Å². The van der Waals surface area contributed by atoms with E-state index in [0.29, 0.717) is 6.61 Å². The topological polar surface area (TPSA) is 58.1 Å². The van der Waals surface area contributed by atoms with Crippen LogP contribution in [-0.2, 0) is 6.42 Å². The van der Waals surface area contributed by atoms with Crippen LogP contribution in [0.1, 0.15) is 32.0 Å². The molecular formula is C22H28N2O2. The van der Waals surface area contributed by atoms with E-state index in [-0.39, 0.29) is 6.61 Å². The van der Waals surface area contributed by atoms with Crippen molar-refractivity contribution < 1.29 is 9.84 Å². The van der Waals surface area contributed by atoms with Gasteiger partial charge in [0.2, 0.25) is 0 Å². The summed E-state index contributed by atoms with van der Waals surface area (Å²) in [5.74, 6) is 1.74. The van der Waals surface area contributed by atoms with Gasteiger partial charge in [0.1, 0.15) is 18.2 Å². The van der Waals surface area contributed by atoms with Crippen LogP contribution in [0, 0.1) is 6.92 Å². The van der Waals surface area contributed by atoms with Gasteiger partial charge in [0.05, 0.1) is 6.61 Å². The number of imidazole rings is 1. The Morgan fingerprint density at radius 3 is 2.23 bits per heavy atom. The van der Waals surface area contributed by atoms with Crippen LogP contribution in [0.3, 0.4) is 0 Å². The van der Waals surface area contributed by atoms with Crippen LogP contribution in [0.2, 0.25) is 0 Å². The van der Waals surface area contributed by atoms with Crippen LogP contribution in [0.4, 0.5) is 0 Å². The first kappa shape index (κ1) is 19.7. The third-order valence-electron chi connectivity index (χ3n) is 3.98. The minimum absolute atomic E-state index is 0.0264. The van der Waals surface area contributed by atoms with Crippen molar-refractivity contribution in [1.29, 1.82) is 0 Å². The molecule has 0 aliphatic rings. The highest BCUT2D eigenvalue weighted by atomic mass is 16.5. The zero-order chi connectivity index (χ0) is 18.9. The summed E-state index contributed by atoms with van der Waals surface area (Å²) in [7, 11) is 0. The Bertz CT molecular complexity index is 807. The number of H-pyrrole nitrogens is 1. The van der Waals surface area contributed by atoms with Crippen LogP contribution in [0.5, 0.6) is 5.75 Å². The van der Waals surface area contributed by atoms with Crippen molar-refractivity contribution in [3.63, 3.8) is 0 Å². The second kappa shape index (κ2) is 9.78. The third kappa shape index (κ3) is 4.73. The zero-order valence-corrected chi connectivity index (χ0v) is 16.0. The number of benzene rings is 2. The number of nitrogens with one attached hydrogen (secondary N) is 1. The Morgan fingerprint density at radius 2 is 1.65 bits per heavy atom. The first-order chi connectivity index (χ1) is 12.7. The van der Waals surface area contributed by atoms with Crippen molar-refractivity contribution in [2.75, 3.05) is 13.2 Å². The fraction of sp³-hybridized carbons (Fsp3) is 0.318. The molecule has 3 rings (SSSR count). The van der Waals surface area contributed by atoms with Crippen LogP contribution >= 0.6 is 0 Å². The number of aliphatic hydroxyl groups excluding tert-OH is 1. The molecule has 4 nitrogen and oxygen atoms in total. The van der Waals surface area contributed by atoms with E-state index in [0.717, 1.165) is 45.9 Å². The van der Waals surface area contributed by atoms with E-state index in [4.69, 9.17) is 9.84 Å². The molecule has 4 heteroatoms. The van der Waals surface area contributed by atoms with Gasteiger partial charge in [-0.05, 0) is 42.2 Å². The molecule has 1 heterocycles. The summed E-state index contributed by atoms with van der Waals surface area (Å²) in [6.07, 6.45) is 2.72. The highest BCUT2D eigenvalue weighted by Crippen LogP contribution is 2.28. The molecule has 0 aliphatic heterocycles. The number of hydrogen-bond acceptors (Lipinski definition) is 3. The Morgan fingerprint density at radius 1 is 1.00 bits per heavy atom. The Balaban J connectivity index is 0.00000117. The number of aliphatic hydroxyl groups is 1. The zero-order valence-electron chi connectivity index (χ0n) is 16.0. The maximum atomic E-state index is 8.91. The predicted octanol–water partition coefficient (Wildman–Crippen LogP) is 5.01. The lowest BCUT2D eigenvalue weighted by Gasteiger charge is -2.12. The normalized spacial score (nSPS) is 10.2. The van der Waals surface area contributed by atoms with E-state index < -0.39 is 0 Å². The van der Waals surface area contributed by atoms with Crippen molar-refractivity contribution in [2.24, 2.45) is 0 Å². The molecule has 0 saturated heterocycles.